The summed E-state index contributed by atoms with van der Waals surface area (Å²) in [6.07, 6.45) is 2.03. The molecule has 0 N–H and O–H groups in total. The molecular formula is C21H20F2N2O3. The van der Waals surface area contributed by atoms with Gasteiger partial charge in [0.1, 0.15) is 11.8 Å². The second kappa shape index (κ2) is 7.58. The zero-order valence-corrected chi connectivity index (χ0v) is 15.2. The van der Waals surface area contributed by atoms with Gasteiger partial charge in [0, 0.05) is 18.8 Å². The fourth-order valence-electron chi connectivity index (χ4n) is 4.01. The number of rotatable bonds is 4. The summed E-state index contributed by atoms with van der Waals surface area (Å²) in [6, 6.07) is 13.0. The van der Waals surface area contributed by atoms with E-state index in [-0.39, 0.29) is 17.2 Å². The Balaban J connectivity index is 1.58. The summed E-state index contributed by atoms with van der Waals surface area (Å²) in [4.78, 5) is 29.5. The Bertz CT molecular complexity index is 903. The molecule has 2 aromatic carbocycles. The number of alkyl halides is 2. The third-order valence-electron chi connectivity index (χ3n) is 5.29. The number of hydrogen-bond donors (Lipinski definition) is 0. The van der Waals surface area contributed by atoms with E-state index in [1.54, 1.807) is 11.0 Å². The predicted molar refractivity (Wildman–Crippen MR) is 99.6 cm³/mol. The molecule has 0 spiro atoms. The molecule has 0 radical (unpaired) electrons. The first-order valence-electron chi connectivity index (χ1n) is 9.30. The fourth-order valence-corrected chi connectivity index (χ4v) is 4.01. The predicted octanol–water partition coefficient (Wildman–Crippen LogP) is 3.48. The van der Waals surface area contributed by atoms with Gasteiger partial charge < -0.3 is 14.5 Å². The molecule has 0 saturated carbocycles. The summed E-state index contributed by atoms with van der Waals surface area (Å²) < 4.78 is 29.9. The number of halogens is 2. The van der Waals surface area contributed by atoms with Crippen LogP contribution in [0.4, 0.5) is 14.5 Å². The van der Waals surface area contributed by atoms with E-state index in [1.165, 1.54) is 23.1 Å². The number of amides is 2. The zero-order valence-electron chi connectivity index (χ0n) is 15.2. The highest BCUT2D eigenvalue weighted by Crippen LogP contribution is 2.32. The number of carbonyl (C=O) groups is 2. The number of nitrogens with zero attached hydrogens (tertiary/aromatic N) is 2. The number of carbonyl (C=O) groups excluding carboxylic acids is 2. The van der Waals surface area contributed by atoms with Gasteiger partial charge in [-0.05, 0) is 43.0 Å². The Kier molecular flexibility index (Phi) is 4.98. The van der Waals surface area contributed by atoms with Gasteiger partial charge in [-0.1, -0.05) is 30.3 Å². The Morgan fingerprint density at radius 1 is 1.04 bits per heavy atom. The molecule has 1 unspecified atom stereocenters. The molecule has 1 saturated heterocycles. The standard InChI is InChI=1S/C21H20F2N2O3/c22-21(23)28-18-10-4-2-7-15(18)19(26)24-12-5-9-17(24)20(27)25-13-11-14-6-1-3-8-16(14)25/h1-4,6-8,10,17,21H,5,9,11-13H2. The highest BCUT2D eigenvalue weighted by molar-refractivity contribution is 6.04. The summed E-state index contributed by atoms with van der Waals surface area (Å²) in [5, 5.41) is 0. The molecule has 1 atom stereocenters. The first-order chi connectivity index (χ1) is 13.6. The number of likely N-dealkylation sites (tertiary alicyclic amines) is 1. The van der Waals surface area contributed by atoms with Crippen molar-refractivity contribution in [1.29, 1.82) is 0 Å². The van der Waals surface area contributed by atoms with E-state index in [2.05, 4.69) is 4.74 Å². The van der Waals surface area contributed by atoms with Gasteiger partial charge in [-0.2, -0.15) is 8.78 Å². The lowest BCUT2D eigenvalue weighted by molar-refractivity contribution is -0.122. The van der Waals surface area contributed by atoms with Crippen molar-refractivity contribution in [1.82, 2.24) is 4.90 Å². The van der Waals surface area contributed by atoms with Crippen LogP contribution in [0.5, 0.6) is 5.75 Å². The molecule has 2 amide bonds. The highest BCUT2D eigenvalue weighted by Gasteiger charge is 2.39. The lowest BCUT2D eigenvalue weighted by Gasteiger charge is -2.28. The molecule has 0 bridgehead atoms. The van der Waals surface area contributed by atoms with E-state index in [9.17, 15) is 18.4 Å². The van der Waals surface area contributed by atoms with Crippen molar-refractivity contribution in [3.05, 3.63) is 59.7 Å². The largest absolute Gasteiger partial charge is 0.434 e. The Labute approximate surface area is 161 Å². The van der Waals surface area contributed by atoms with Crippen molar-refractivity contribution in [3.63, 3.8) is 0 Å². The summed E-state index contributed by atoms with van der Waals surface area (Å²) in [5.74, 6) is -0.755. The quantitative estimate of drug-likeness (QED) is 0.808. The van der Waals surface area contributed by atoms with E-state index in [1.807, 2.05) is 24.3 Å². The molecule has 5 nitrogen and oxygen atoms in total. The van der Waals surface area contributed by atoms with Gasteiger partial charge in [0.2, 0.25) is 5.91 Å². The van der Waals surface area contributed by atoms with E-state index in [4.69, 9.17) is 0 Å². The van der Waals surface area contributed by atoms with Crippen molar-refractivity contribution in [3.8, 4) is 5.75 Å². The van der Waals surface area contributed by atoms with Gasteiger partial charge in [0.05, 0.1) is 5.56 Å². The van der Waals surface area contributed by atoms with Crippen LogP contribution in [0.3, 0.4) is 0 Å². The van der Waals surface area contributed by atoms with E-state index in [0.717, 1.165) is 17.7 Å². The number of ether oxygens (including phenoxy) is 1. The normalized spacial score (nSPS) is 18.5. The lowest BCUT2D eigenvalue weighted by atomic mass is 10.1. The maximum Gasteiger partial charge on any atom is 0.387 e. The Hall–Kier alpha value is -2.96. The van der Waals surface area contributed by atoms with Crippen molar-refractivity contribution in [2.45, 2.75) is 31.9 Å². The van der Waals surface area contributed by atoms with Crippen LogP contribution in [0, 0.1) is 0 Å². The average Bonchev–Trinajstić information content (AvgIpc) is 3.34. The van der Waals surface area contributed by atoms with Crippen LogP contribution in [0.25, 0.3) is 0 Å². The molecule has 2 aliphatic heterocycles. The average molecular weight is 386 g/mol. The first-order valence-corrected chi connectivity index (χ1v) is 9.30. The minimum atomic E-state index is -3.02. The molecule has 2 aliphatic rings. The van der Waals surface area contributed by atoms with Crippen LogP contribution in [0.2, 0.25) is 0 Å². The maximum absolute atomic E-state index is 13.2. The molecule has 0 aromatic heterocycles. The summed E-state index contributed by atoms with van der Waals surface area (Å²) >= 11 is 0. The molecule has 4 rings (SSSR count). The van der Waals surface area contributed by atoms with Crippen molar-refractivity contribution in [2.24, 2.45) is 0 Å². The Morgan fingerprint density at radius 3 is 2.61 bits per heavy atom. The van der Waals surface area contributed by atoms with Crippen LogP contribution in [-0.2, 0) is 11.2 Å². The van der Waals surface area contributed by atoms with Crippen molar-refractivity contribution >= 4 is 17.5 Å². The van der Waals surface area contributed by atoms with Gasteiger partial charge in [0.15, 0.2) is 0 Å². The third-order valence-corrected chi connectivity index (χ3v) is 5.29. The molecular weight excluding hydrogens is 366 g/mol. The molecule has 7 heteroatoms. The number of hydrogen-bond acceptors (Lipinski definition) is 3. The second-order valence-electron chi connectivity index (χ2n) is 6.90. The Morgan fingerprint density at radius 2 is 1.79 bits per heavy atom. The fraction of sp³-hybridized carbons (Fsp3) is 0.333. The topological polar surface area (TPSA) is 49.9 Å². The van der Waals surface area contributed by atoms with Gasteiger partial charge in [0.25, 0.3) is 5.91 Å². The highest BCUT2D eigenvalue weighted by atomic mass is 19.3. The monoisotopic (exact) mass is 386 g/mol. The molecule has 1 fully saturated rings. The zero-order chi connectivity index (χ0) is 19.7. The molecule has 2 aromatic rings. The van der Waals surface area contributed by atoms with E-state index < -0.39 is 18.6 Å². The van der Waals surface area contributed by atoms with Gasteiger partial charge in [-0.15, -0.1) is 0 Å². The third kappa shape index (κ3) is 3.32. The molecule has 0 aliphatic carbocycles. The van der Waals surface area contributed by atoms with Gasteiger partial charge in [-0.25, -0.2) is 0 Å². The van der Waals surface area contributed by atoms with E-state index in [0.29, 0.717) is 25.9 Å². The van der Waals surface area contributed by atoms with E-state index >= 15 is 0 Å². The number of anilines is 1. The van der Waals surface area contributed by atoms with Crippen LogP contribution >= 0.6 is 0 Å². The van der Waals surface area contributed by atoms with Crippen LogP contribution in [0.15, 0.2) is 48.5 Å². The summed E-state index contributed by atoms with van der Waals surface area (Å²) in [5.41, 5.74) is 2.04. The van der Waals surface area contributed by atoms with Gasteiger partial charge >= 0.3 is 6.61 Å². The molecule has 2 heterocycles. The smallest absolute Gasteiger partial charge is 0.387 e. The summed E-state index contributed by atoms with van der Waals surface area (Å²) in [6.45, 7) is -2.03. The number of fused-ring (bicyclic) bond motifs is 1. The number of para-hydroxylation sites is 2. The molecule has 146 valence electrons. The number of benzene rings is 2. The van der Waals surface area contributed by atoms with Gasteiger partial charge in [-0.3, -0.25) is 9.59 Å². The maximum atomic E-state index is 13.2. The van der Waals surface area contributed by atoms with Crippen molar-refractivity contribution in [2.75, 3.05) is 18.0 Å². The minimum Gasteiger partial charge on any atom is -0.434 e. The summed E-state index contributed by atoms with van der Waals surface area (Å²) in [7, 11) is 0. The van der Waals surface area contributed by atoms with Crippen LogP contribution < -0.4 is 9.64 Å². The first kappa shape index (κ1) is 18.4. The SMILES string of the molecule is O=C(C1CCCN1C(=O)c1ccccc1OC(F)F)N1CCc2ccccc21. The van der Waals surface area contributed by atoms with Crippen LogP contribution in [0.1, 0.15) is 28.8 Å². The minimum absolute atomic E-state index is 0.0457. The van der Waals surface area contributed by atoms with Crippen LogP contribution in [-0.4, -0.2) is 42.5 Å². The molecule has 28 heavy (non-hydrogen) atoms. The second-order valence-corrected chi connectivity index (χ2v) is 6.90. The lowest BCUT2D eigenvalue weighted by Crippen LogP contribution is -2.47. The van der Waals surface area contributed by atoms with Crippen molar-refractivity contribution < 1.29 is 23.1 Å².